The van der Waals surface area contributed by atoms with E-state index in [0.29, 0.717) is 10.7 Å². The first kappa shape index (κ1) is 17.5. The number of carbonyl (C=O) groups excluding carboxylic acids is 1. The number of amides is 1. The van der Waals surface area contributed by atoms with Crippen LogP contribution < -0.4 is 5.32 Å². The van der Waals surface area contributed by atoms with Crippen molar-refractivity contribution in [3.8, 4) is 0 Å². The minimum Gasteiger partial charge on any atom is -0.326 e. The predicted octanol–water partition coefficient (Wildman–Crippen LogP) is 5.22. The second-order valence-corrected chi connectivity index (χ2v) is 8.47. The summed E-state index contributed by atoms with van der Waals surface area (Å²) in [4.78, 5) is 13.3. The standard InChI is InChI=1S/C18H13ClFN3OS2/c19-15-7-12(4-5-16(15)26-18-23-21-9-25-18)22-17(24)14-8-13(14)10-2-1-3-11(20)6-10/h1-7,9,13-14H,8H2,(H,22,24). The van der Waals surface area contributed by atoms with E-state index in [4.69, 9.17) is 11.6 Å². The molecule has 2 aromatic carbocycles. The Morgan fingerprint density at radius 3 is 2.92 bits per heavy atom. The number of aromatic nitrogens is 2. The van der Waals surface area contributed by atoms with Crippen molar-refractivity contribution in [3.05, 3.63) is 64.4 Å². The van der Waals surface area contributed by atoms with Crippen molar-refractivity contribution < 1.29 is 9.18 Å². The third kappa shape index (κ3) is 3.90. The number of anilines is 1. The fourth-order valence-electron chi connectivity index (χ4n) is 2.79. The van der Waals surface area contributed by atoms with Crippen molar-refractivity contribution in [1.29, 1.82) is 0 Å². The highest BCUT2D eigenvalue weighted by molar-refractivity contribution is 8.01. The molecule has 2 unspecified atom stereocenters. The molecular formula is C18H13ClFN3OS2. The normalized spacial score (nSPS) is 18.5. The molecular weight excluding hydrogens is 393 g/mol. The number of nitrogens with zero attached hydrogens (tertiary/aromatic N) is 2. The molecule has 1 heterocycles. The number of hydrogen-bond donors (Lipinski definition) is 1. The maximum Gasteiger partial charge on any atom is 0.228 e. The fourth-order valence-corrected chi connectivity index (χ4v) is 4.52. The zero-order chi connectivity index (χ0) is 18.1. The summed E-state index contributed by atoms with van der Waals surface area (Å²) in [6, 6.07) is 11.8. The molecule has 26 heavy (non-hydrogen) atoms. The Labute approximate surface area is 162 Å². The molecule has 1 N–H and O–H groups in total. The third-order valence-electron chi connectivity index (χ3n) is 4.14. The van der Waals surface area contributed by atoms with Gasteiger partial charge in [-0.2, -0.15) is 0 Å². The summed E-state index contributed by atoms with van der Waals surface area (Å²) in [5, 5.41) is 11.2. The summed E-state index contributed by atoms with van der Waals surface area (Å²) in [6.07, 6.45) is 0.730. The molecule has 1 aliphatic rings. The Kier molecular flexibility index (Phi) is 4.93. The highest BCUT2D eigenvalue weighted by atomic mass is 35.5. The van der Waals surface area contributed by atoms with E-state index in [1.807, 2.05) is 18.2 Å². The molecule has 1 amide bonds. The molecule has 3 aromatic rings. The summed E-state index contributed by atoms with van der Waals surface area (Å²) < 4.78 is 14.1. The summed E-state index contributed by atoms with van der Waals surface area (Å²) in [5.74, 6) is -0.400. The molecule has 0 spiro atoms. The minimum absolute atomic E-state index is 0.0696. The van der Waals surface area contributed by atoms with Gasteiger partial charge in [0, 0.05) is 16.5 Å². The second-order valence-electron chi connectivity index (χ2n) is 5.94. The lowest BCUT2D eigenvalue weighted by Crippen LogP contribution is -2.14. The Balaban J connectivity index is 1.40. The van der Waals surface area contributed by atoms with Crippen LogP contribution in [0.1, 0.15) is 17.9 Å². The fraction of sp³-hybridized carbons (Fsp3) is 0.167. The lowest BCUT2D eigenvalue weighted by atomic mass is 10.1. The third-order valence-corrected chi connectivity index (χ3v) is 6.42. The highest BCUT2D eigenvalue weighted by Crippen LogP contribution is 2.48. The van der Waals surface area contributed by atoms with Gasteiger partial charge >= 0.3 is 0 Å². The lowest BCUT2D eigenvalue weighted by molar-refractivity contribution is -0.117. The largest absolute Gasteiger partial charge is 0.326 e. The zero-order valence-electron chi connectivity index (χ0n) is 13.4. The molecule has 1 aromatic heterocycles. The Bertz CT molecular complexity index is 951. The van der Waals surface area contributed by atoms with Crippen LogP contribution >= 0.6 is 34.7 Å². The van der Waals surface area contributed by atoms with Crippen LogP contribution in [0.25, 0.3) is 0 Å². The Morgan fingerprint density at radius 2 is 2.19 bits per heavy atom. The average molecular weight is 406 g/mol. The lowest BCUT2D eigenvalue weighted by Gasteiger charge is -2.08. The van der Waals surface area contributed by atoms with E-state index >= 15 is 0 Å². The predicted molar refractivity (Wildman–Crippen MR) is 101 cm³/mol. The number of nitrogens with one attached hydrogen (secondary N) is 1. The van der Waals surface area contributed by atoms with E-state index in [1.54, 1.807) is 17.6 Å². The topological polar surface area (TPSA) is 54.9 Å². The number of halogens is 2. The smallest absolute Gasteiger partial charge is 0.228 e. The molecule has 1 aliphatic carbocycles. The van der Waals surface area contributed by atoms with Crippen LogP contribution in [0.2, 0.25) is 5.02 Å². The van der Waals surface area contributed by atoms with E-state index in [0.717, 1.165) is 21.2 Å². The first-order chi connectivity index (χ1) is 12.6. The van der Waals surface area contributed by atoms with Crippen LogP contribution in [-0.2, 0) is 4.79 Å². The molecule has 2 atom stereocenters. The number of hydrogen-bond acceptors (Lipinski definition) is 5. The molecule has 0 saturated heterocycles. The molecule has 4 nitrogen and oxygen atoms in total. The van der Waals surface area contributed by atoms with Crippen LogP contribution in [0, 0.1) is 11.7 Å². The van der Waals surface area contributed by atoms with E-state index in [9.17, 15) is 9.18 Å². The molecule has 0 bridgehead atoms. The second kappa shape index (κ2) is 7.34. The number of carbonyl (C=O) groups is 1. The molecule has 1 fully saturated rings. The molecule has 0 aliphatic heterocycles. The van der Waals surface area contributed by atoms with Gasteiger partial charge in [0.2, 0.25) is 5.91 Å². The van der Waals surface area contributed by atoms with Gasteiger partial charge in [0.05, 0.1) is 5.02 Å². The summed E-state index contributed by atoms with van der Waals surface area (Å²) in [5.41, 5.74) is 3.17. The van der Waals surface area contributed by atoms with Gasteiger partial charge in [-0.1, -0.05) is 46.8 Å². The quantitative estimate of drug-likeness (QED) is 0.632. The van der Waals surface area contributed by atoms with Crippen LogP contribution in [0.5, 0.6) is 0 Å². The van der Waals surface area contributed by atoms with Gasteiger partial charge in [-0.05, 0) is 48.2 Å². The summed E-state index contributed by atoms with van der Waals surface area (Å²) in [7, 11) is 0. The van der Waals surface area contributed by atoms with Crippen molar-refractivity contribution in [2.75, 3.05) is 5.32 Å². The van der Waals surface area contributed by atoms with Crippen molar-refractivity contribution in [2.24, 2.45) is 5.92 Å². The van der Waals surface area contributed by atoms with Crippen LogP contribution in [0.3, 0.4) is 0 Å². The molecule has 1 saturated carbocycles. The van der Waals surface area contributed by atoms with Crippen molar-refractivity contribution in [3.63, 3.8) is 0 Å². The summed E-state index contributed by atoms with van der Waals surface area (Å²) >= 11 is 9.18. The molecule has 132 valence electrons. The van der Waals surface area contributed by atoms with Crippen LogP contribution in [0.4, 0.5) is 10.1 Å². The van der Waals surface area contributed by atoms with Crippen LogP contribution in [-0.4, -0.2) is 16.1 Å². The SMILES string of the molecule is O=C(Nc1ccc(Sc2nncs2)c(Cl)c1)C1CC1c1cccc(F)c1. The monoisotopic (exact) mass is 405 g/mol. The van der Waals surface area contributed by atoms with E-state index < -0.39 is 0 Å². The molecule has 0 radical (unpaired) electrons. The van der Waals surface area contributed by atoms with Crippen molar-refractivity contribution in [2.45, 2.75) is 21.6 Å². The average Bonchev–Trinajstić information content (AvgIpc) is 3.27. The number of rotatable bonds is 5. The Hall–Kier alpha value is -1.96. The highest BCUT2D eigenvalue weighted by Gasteiger charge is 2.44. The maximum absolute atomic E-state index is 13.3. The van der Waals surface area contributed by atoms with Gasteiger partial charge in [-0.15, -0.1) is 10.2 Å². The van der Waals surface area contributed by atoms with Gasteiger partial charge < -0.3 is 5.32 Å². The minimum atomic E-state index is -0.274. The van der Waals surface area contributed by atoms with E-state index in [2.05, 4.69) is 15.5 Å². The zero-order valence-corrected chi connectivity index (χ0v) is 15.7. The molecule has 8 heteroatoms. The maximum atomic E-state index is 13.3. The van der Waals surface area contributed by atoms with Crippen LogP contribution in [0.15, 0.2) is 57.2 Å². The first-order valence-corrected chi connectivity index (χ1v) is 9.97. The molecule has 4 rings (SSSR count). The van der Waals surface area contributed by atoms with Crippen molar-refractivity contribution >= 4 is 46.3 Å². The van der Waals surface area contributed by atoms with E-state index in [-0.39, 0.29) is 23.6 Å². The van der Waals surface area contributed by atoms with Gasteiger partial charge in [0.1, 0.15) is 11.3 Å². The number of benzene rings is 2. The van der Waals surface area contributed by atoms with Gasteiger partial charge in [-0.3, -0.25) is 4.79 Å². The van der Waals surface area contributed by atoms with Gasteiger partial charge in [0.25, 0.3) is 0 Å². The summed E-state index contributed by atoms with van der Waals surface area (Å²) in [6.45, 7) is 0. The van der Waals surface area contributed by atoms with Crippen molar-refractivity contribution in [1.82, 2.24) is 10.2 Å². The first-order valence-electron chi connectivity index (χ1n) is 7.90. The Morgan fingerprint density at radius 1 is 1.31 bits per heavy atom. The van der Waals surface area contributed by atoms with Gasteiger partial charge in [-0.25, -0.2) is 4.39 Å². The van der Waals surface area contributed by atoms with Gasteiger partial charge in [0.15, 0.2) is 4.34 Å². The van der Waals surface area contributed by atoms with E-state index in [1.165, 1.54) is 35.2 Å².